The fourth-order valence-corrected chi connectivity index (χ4v) is 4.14. The van der Waals surface area contributed by atoms with Crippen molar-refractivity contribution in [2.24, 2.45) is 0 Å². The van der Waals surface area contributed by atoms with Crippen LogP contribution in [-0.2, 0) is 13.1 Å². The van der Waals surface area contributed by atoms with Gasteiger partial charge in [0.05, 0.1) is 0 Å². The summed E-state index contributed by atoms with van der Waals surface area (Å²) in [5.41, 5.74) is 3.82. The van der Waals surface area contributed by atoms with Crippen LogP contribution < -0.4 is 5.32 Å². The maximum atomic E-state index is 12.9. The van der Waals surface area contributed by atoms with Crippen molar-refractivity contribution in [3.63, 3.8) is 0 Å². The Morgan fingerprint density at radius 2 is 1.66 bits per heavy atom. The zero-order valence-corrected chi connectivity index (χ0v) is 17.3. The smallest absolute Gasteiger partial charge is 0.270 e. The standard InChI is InChI=1S/C23H26N4OS/c28-22(21-16-25-23(29)27(21)20-11-3-1-4-12-20)24-15-18-9-5-6-10-19(18)17-26-13-7-2-8-14-26/h1,3-6,9-12,16H,2,7-8,13-15,17H2,(H,24,28)(H,25,29). The third-order valence-corrected chi connectivity index (χ3v) is 5.72. The summed E-state index contributed by atoms with van der Waals surface area (Å²) in [6.07, 6.45) is 5.55. The van der Waals surface area contributed by atoms with Crippen LogP contribution in [0.15, 0.2) is 60.8 Å². The number of nitrogens with one attached hydrogen (secondary N) is 2. The number of rotatable bonds is 6. The largest absolute Gasteiger partial charge is 0.347 e. The van der Waals surface area contributed by atoms with Gasteiger partial charge in [-0.15, -0.1) is 0 Å². The molecule has 0 atom stereocenters. The summed E-state index contributed by atoms with van der Waals surface area (Å²) in [5, 5.41) is 3.07. The predicted molar refractivity (Wildman–Crippen MR) is 118 cm³/mol. The second-order valence-electron chi connectivity index (χ2n) is 7.44. The number of para-hydroxylation sites is 1. The third kappa shape index (κ3) is 4.66. The van der Waals surface area contributed by atoms with Crippen LogP contribution in [0.5, 0.6) is 0 Å². The van der Waals surface area contributed by atoms with Gasteiger partial charge in [-0.1, -0.05) is 48.9 Å². The zero-order valence-electron chi connectivity index (χ0n) is 16.4. The van der Waals surface area contributed by atoms with Crippen molar-refractivity contribution >= 4 is 18.1 Å². The molecule has 0 saturated carbocycles. The number of imidazole rings is 1. The molecule has 0 unspecified atom stereocenters. The van der Waals surface area contributed by atoms with Gasteiger partial charge in [0, 0.05) is 25.0 Å². The molecular weight excluding hydrogens is 380 g/mol. The highest BCUT2D eigenvalue weighted by molar-refractivity contribution is 7.71. The lowest BCUT2D eigenvalue weighted by Crippen LogP contribution is -2.30. The van der Waals surface area contributed by atoms with Gasteiger partial charge in [0.15, 0.2) is 4.77 Å². The fraction of sp³-hybridized carbons (Fsp3) is 0.304. The molecule has 1 saturated heterocycles. The van der Waals surface area contributed by atoms with Crippen LogP contribution in [0.1, 0.15) is 40.9 Å². The topological polar surface area (TPSA) is 53.1 Å². The van der Waals surface area contributed by atoms with Gasteiger partial charge < -0.3 is 10.3 Å². The molecule has 1 aromatic heterocycles. The van der Waals surface area contributed by atoms with Crippen molar-refractivity contribution in [2.45, 2.75) is 32.4 Å². The number of amides is 1. The minimum atomic E-state index is -0.144. The molecule has 1 aliphatic rings. The summed E-state index contributed by atoms with van der Waals surface area (Å²) in [6, 6.07) is 18.1. The van der Waals surface area contributed by atoms with E-state index in [0.29, 0.717) is 17.0 Å². The number of hydrogen-bond donors (Lipinski definition) is 2. The van der Waals surface area contributed by atoms with E-state index < -0.39 is 0 Å². The second-order valence-corrected chi connectivity index (χ2v) is 7.82. The molecular formula is C23H26N4OS. The van der Waals surface area contributed by atoms with E-state index in [2.05, 4.69) is 33.4 Å². The van der Waals surface area contributed by atoms with Crippen molar-refractivity contribution in [1.82, 2.24) is 19.8 Å². The number of hydrogen-bond acceptors (Lipinski definition) is 3. The molecule has 0 aliphatic carbocycles. The Hall–Kier alpha value is -2.70. The first kappa shape index (κ1) is 19.6. The SMILES string of the molecule is O=C(NCc1ccccc1CN1CCCCC1)c1c[nH]c(=S)n1-c1ccccc1. The molecule has 0 spiro atoms. The maximum absolute atomic E-state index is 12.9. The van der Waals surface area contributed by atoms with E-state index in [9.17, 15) is 4.79 Å². The van der Waals surface area contributed by atoms with E-state index in [1.807, 2.05) is 36.4 Å². The van der Waals surface area contributed by atoms with Crippen LogP contribution in [0.4, 0.5) is 0 Å². The number of carbonyl (C=O) groups excluding carboxylic acids is 1. The number of nitrogens with zero attached hydrogens (tertiary/aromatic N) is 2. The van der Waals surface area contributed by atoms with Gasteiger partial charge in [-0.25, -0.2) is 0 Å². The van der Waals surface area contributed by atoms with Crippen molar-refractivity contribution in [1.29, 1.82) is 0 Å². The molecule has 4 rings (SSSR count). The summed E-state index contributed by atoms with van der Waals surface area (Å²) in [4.78, 5) is 18.4. The molecule has 0 radical (unpaired) electrons. The molecule has 2 heterocycles. The number of H-pyrrole nitrogens is 1. The molecule has 150 valence electrons. The van der Waals surface area contributed by atoms with Crippen LogP contribution in [0.25, 0.3) is 5.69 Å². The van der Waals surface area contributed by atoms with E-state index in [1.165, 1.54) is 24.8 Å². The Morgan fingerprint density at radius 1 is 0.966 bits per heavy atom. The highest BCUT2D eigenvalue weighted by atomic mass is 32.1. The van der Waals surface area contributed by atoms with Crippen molar-refractivity contribution < 1.29 is 4.79 Å². The van der Waals surface area contributed by atoms with E-state index in [0.717, 1.165) is 30.9 Å². The third-order valence-electron chi connectivity index (χ3n) is 5.42. The molecule has 0 bridgehead atoms. The van der Waals surface area contributed by atoms with Gasteiger partial charge in [-0.05, 0) is 61.4 Å². The average Bonchev–Trinajstić information content (AvgIpc) is 3.16. The van der Waals surface area contributed by atoms with Crippen LogP contribution in [0.2, 0.25) is 0 Å². The number of aromatic amines is 1. The normalized spacial score (nSPS) is 14.6. The minimum Gasteiger partial charge on any atom is -0.347 e. The Bertz CT molecular complexity index is 1020. The van der Waals surface area contributed by atoms with E-state index in [4.69, 9.17) is 12.2 Å². The van der Waals surface area contributed by atoms with Crippen LogP contribution in [-0.4, -0.2) is 33.4 Å². The van der Waals surface area contributed by atoms with Crippen LogP contribution >= 0.6 is 12.2 Å². The molecule has 1 fully saturated rings. The van der Waals surface area contributed by atoms with Gasteiger partial charge in [-0.2, -0.15) is 0 Å². The van der Waals surface area contributed by atoms with Gasteiger partial charge in [0.1, 0.15) is 5.69 Å². The lowest BCUT2D eigenvalue weighted by Gasteiger charge is -2.27. The molecule has 5 nitrogen and oxygen atoms in total. The predicted octanol–water partition coefficient (Wildman–Crippen LogP) is 4.45. The van der Waals surface area contributed by atoms with E-state index >= 15 is 0 Å². The second kappa shape index (κ2) is 9.20. The Kier molecular flexibility index (Phi) is 6.22. The molecule has 1 aliphatic heterocycles. The Balaban J connectivity index is 1.48. The number of benzene rings is 2. The molecule has 29 heavy (non-hydrogen) atoms. The summed E-state index contributed by atoms with van der Waals surface area (Å²) in [5.74, 6) is -0.144. The van der Waals surface area contributed by atoms with Gasteiger partial charge in [-0.3, -0.25) is 14.3 Å². The highest BCUT2D eigenvalue weighted by Crippen LogP contribution is 2.17. The lowest BCUT2D eigenvalue weighted by molar-refractivity contribution is 0.0944. The number of aromatic nitrogens is 2. The molecule has 1 amide bonds. The summed E-state index contributed by atoms with van der Waals surface area (Å²) >= 11 is 5.39. The molecule has 2 N–H and O–H groups in total. The fourth-order valence-electron chi connectivity index (χ4n) is 3.88. The molecule has 3 aromatic rings. The minimum absolute atomic E-state index is 0.144. The number of piperidine rings is 1. The number of carbonyl (C=O) groups is 1. The zero-order chi connectivity index (χ0) is 20.1. The maximum Gasteiger partial charge on any atom is 0.270 e. The molecule has 6 heteroatoms. The Morgan fingerprint density at radius 3 is 2.41 bits per heavy atom. The van der Waals surface area contributed by atoms with Crippen molar-refractivity contribution in [2.75, 3.05) is 13.1 Å². The van der Waals surface area contributed by atoms with Crippen molar-refractivity contribution in [3.05, 3.63) is 82.4 Å². The lowest BCUT2D eigenvalue weighted by atomic mass is 10.0. The quantitative estimate of drug-likeness (QED) is 0.595. The van der Waals surface area contributed by atoms with Gasteiger partial charge >= 0.3 is 0 Å². The molecule has 2 aromatic carbocycles. The first-order valence-electron chi connectivity index (χ1n) is 10.2. The Labute approximate surface area is 176 Å². The summed E-state index contributed by atoms with van der Waals surface area (Å²) in [7, 11) is 0. The highest BCUT2D eigenvalue weighted by Gasteiger charge is 2.16. The summed E-state index contributed by atoms with van der Waals surface area (Å²) in [6.45, 7) is 3.75. The first-order valence-corrected chi connectivity index (χ1v) is 10.6. The van der Waals surface area contributed by atoms with Gasteiger partial charge in [0.25, 0.3) is 5.91 Å². The van der Waals surface area contributed by atoms with E-state index in [-0.39, 0.29) is 5.91 Å². The number of likely N-dealkylation sites (tertiary alicyclic amines) is 1. The van der Waals surface area contributed by atoms with Gasteiger partial charge in [0.2, 0.25) is 0 Å². The average molecular weight is 407 g/mol. The monoisotopic (exact) mass is 406 g/mol. The van der Waals surface area contributed by atoms with E-state index in [1.54, 1.807) is 10.8 Å². The first-order chi connectivity index (χ1) is 14.2. The summed E-state index contributed by atoms with van der Waals surface area (Å²) < 4.78 is 2.27. The van der Waals surface area contributed by atoms with Crippen LogP contribution in [0, 0.1) is 4.77 Å². The van der Waals surface area contributed by atoms with Crippen molar-refractivity contribution in [3.8, 4) is 5.69 Å². The van der Waals surface area contributed by atoms with Crippen LogP contribution in [0.3, 0.4) is 0 Å².